The molecule has 1 heterocycles. The standard InChI is InChI=1S/C12H18N2O3S/c1-2-17-12(16)9-6-8-18-11(9)14-10(15)5-3-4-7-13/h6,8H,2-5,7,13H2,1H3,(H,14,15). The molecule has 6 heteroatoms. The molecule has 0 bridgehead atoms. The van der Waals surface area contributed by atoms with Crippen LogP contribution < -0.4 is 11.1 Å². The Bertz CT molecular complexity index is 404. The van der Waals surface area contributed by atoms with Crippen LogP contribution in [0.3, 0.4) is 0 Å². The third-order valence-electron chi connectivity index (χ3n) is 2.27. The van der Waals surface area contributed by atoms with Crippen molar-refractivity contribution in [2.75, 3.05) is 18.5 Å². The Labute approximate surface area is 110 Å². The van der Waals surface area contributed by atoms with Crippen LogP contribution in [0.15, 0.2) is 11.4 Å². The highest BCUT2D eigenvalue weighted by atomic mass is 32.1. The van der Waals surface area contributed by atoms with Gasteiger partial charge < -0.3 is 15.8 Å². The molecule has 0 aliphatic heterocycles. The molecule has 0 radical (unpaired) electrons. The maximum atomic E-state index is 11.6. The van der Waals surface area contributed by atoms with Crippen molar-refractivity contribution in [2.45, 2.75) is 26.2 Å². The Balaban J connectivity index is 2.54. The van der Waals surface area contributed by atoms with E-state index < -0.39 is 5.97 Å². The topological polar surface area (TPSA) is 81.4 Å². The Morgan fingerprint density at radius 2 is 2.22 bits per heavy atom. The van der Waals surface area contributed by atoms with Gasteiger partial charge in [0.25, 0.3) is 0 Å². The molecule has 1 rings (SSSR count). The average Bonchev–Trinajstić information content (AvgIpc) is 2.78. The van der Waals surface area contributed by atoms with E-state index in [2.05, 4.69) is 5.32 Å². The van der Waals surface area contributed by atoms with Crippen LogP contribution in [-0.4, -0.2) is 25.0 Å². The molecule has 5 nitrogen and oxygen atoms in total. The van der Waals surface area contributed by atoms with Crippen LogP contribution in [0.1, 0.15) is 36.5 Å². The van der Waals surface area contributed by atoms with Gasteiger partial charge in [0.1, 0.15) is 5.00 Å². The molecule has 0 aromatic carbocycles. The van der Waals surface area contributed by atoms with Crippen molar-refractivity contribution in [2.24, 2.45) is 5.73 Å². The Morgan fingerprint density at radius 1 is 1.44 bits per heavy atom. The third-order valence-corrected chi connectivity index (χ3v) is 3.10. The SMILES string of the molecule is CCOC(=O)c1ccsc1NC(=O)CCCCN. The van der Waals surface area contributed by atoms with Gasteiger partial charge in [0.15, 0.2) is 0 Å². The molecule has 0 aliphatic carbocycles. The van der Waals surface area contributed by atoms with Gasteiger partial charge in [0.2, 0.25) is 5.91 Å². The van der Waals surface area contributed by atoms with Crippen molar-refractivity contribution in [1.29, 1.82) is 0 Å². The summed E-state index contributed by atoms with van der Waals surface area (Å²) in [6.07, 6.45) is 1.99. The van der Waals surface area contributed by atoms with E-state index in [-0.39, 0.29) is 5.91 Å². The molecule has 0 fully saturated rings. The summed E-state index contributed by atoms with van der Waals surface area (Å²) >= 11 is 1.31. The van der Waals surface area contributed by atoms with E-state index in [1.165, 1.54) is 11.3 Å². The molecular weight excluding hydrogens is 252 g/mol. The van der Waals surface area contributed by atoms with Crippen LogP contribution in [0.2, 0.25) is 0 Å². The molecule has 1 aromatic heterocycles. The predicted octanol–water partition coefficient (Wildman–Crippen LogP) is 1.99. The monoisotopic (exact) mass is 270 g/mol. The molecule has 0 spiro atoms. The Hall–Kier alpha value is -1.40. The fraction of sp³-hybridized carbons (Fsp3) is 0.500. The second kappa shape index (κ2) is 7.84. The zero-order chi connectivity index (χ0) is 13.4. The first-order valence-electron chi connectivity index (χ1n) is 5.93. The van der Waals surface area contributed by atoms with E-state index in [0.29, 0.717) is 30.1 Å². The van der Waals surface area contributed by atoms with Gasteiger partial charge in [-0.2, -0.15) is 0 Å². The van der Waals surface area contributed by atoms with Gasteiger partial charge >= 0.3 is 5.97 Å². The summed E-state index contributed by atoms with van der Waals surface area (Å²) in [6, 6.07) is 1.65. The molecule has 0 aliphatic rings. The maximum Gasteiger partial charge on any atom is 0.341 e. The third kappa shape index (κ3) is 4.46. The number of carbonyl (C=O) groups is 2. The zero-order valence-corrected chi connectivity index (χ0v) is 11.2. The number of thiophene rings is 1. The van der Waals surface area contributed by atoms with E-state index in [9.17, 15) is 9.59 Å². The molecule has 0 atom stereocenters. The second-order valence-corrected chi connectivity index (χ2v) is 4.59. The van der Waals surface area contributed by atoms with Gasteiger partial charge in [0.05, 0.1) is 12.2 Å². The molecule has 1 aromatic rings. The van der Waals surface area contributed by atoms with Gasteiger partial charge in [-0.1, -0.05) is 0 Å². The summed E-state index contributed by atoms with van der Waals surface area (Å²) in [6.45, 7) is 2.65. The molecular formula is C12H18N2O3S. The number of hydrogen-bond acceptors (Lipinski definition) is 5. The molecule has 0 saturated heterocycles. The van der Waals surface area contributed by atoms with Gasteiger partial charge in [-0.25, -0.2) is 4.79 Å². The number of anilines is 1. The molecule has 1 amide bonds. The summed E-state index contributed by atoms with van der Waals surface area (Å²) in [5.74, 6) is -0.507. The molecule has 3 N–H and O–H groups in total. The Kier molecular flexibility index (Phi) is 6.38. The number of nitrogens with one attached hydrogen (secondary N) is 1. The van der Waals surface area contributed by atoms with E-state index in [1.54, 1.807) is 18.4 Å². The Morgan fingerprint density at radius 3 is 2.89 bits per heavy atom. The quantitative estimate of drug-likeness (QED) is 0.586. The second-order valence-electron chi connectivity index (χ2n) is 3.68. The van der Waals surface area contributed by atoms with E-state index >= 15 is 0 Å². The molecule has 0 saturated carbocycles. The van der Waals surface area contributed by atoms with Crippen LogP contribution in [0.4, 0.5) is 5.00 Å². The van der Waals surface area contributed by atoms with Crippen molar-refractivity contribution < 1.29 is 14.3 Å². The van der Waals surface area contributed by atoms with Crippen LogP contribution in [0.5, 0.6) is 0 Å². The maximum absolute atomic E-state index is 11.6. The lowest BCUT2D eigenvalue weighted by Gasteiger charge is -2.05. The minimum absolute atomic E-state index is 0.101. The normalized spacial score (nSPS) is 10.1. The van der Waals surface area contributed by atoms with Crippen LogP contribution in [0.25, 0.3) is 0 Å². The minimum atomic E-state index is -0.406. The highest BCUT2D eigenvalue weighted by Gasteiger charge is 2.15. The van der Waals surface area contributed by atoms with E-state index in [1.807, 2.05) is 0 Å². The minimum Gasteiger partial charge on any atom is -0.462 e. The number of esters is 1. The van der Waals surface area contributed by atoms with Gasteiger partial charge in [-0.15, -0.1) is 11.3 Å². The summed E-state index contributed by atoms with van der Waals surface area (Å²) < 4.78 is 4.91. The highest BCUT2D eigenvalue weighted by Crippen LogP contribution is 2.24. The average molecular weight is 270 g/mol. The van der Waals surface area contributed by atoms with Crippen molar-refractivity contribution >= 4 is 28.2 Å². The van der Waals surface area contributed by atoms with Crippen LogP contribution in [-0.2, 0) is 9.53 Å². The fourth-order valence-electron chi connectivity index (χ4n) is 1.39. The predicted molar refractivity (Wildman–Crippen MR) is 71.8 cm³/mol. The number of unbranched alkanes of at least 4 members (excludes halogenated alkanes) is 1. The lowest BCUT2D eigenvalue weighted by molar-refractivity contribution is -0.116. The van der Waals surface area contributed by atoms with Gasteiger partial charge in [0, 0.05) is 6.42 Å². The fourth-order valence-corrected chi connectivity index (χ4v) is 2.19. The van der Waals surface area contributed by atoms with Crippen molar-refractivity contribution in [3.63, 3.8) is 0 Å². The zero-order valence-electron chi connectivity index (χ0n) is 10.4. The number of ether oxygens (including phenoxy) is 1. The molecule has 18 heavy (non-hydrogen) atoms. The highest BCUT2D eigenvalue weighted by molar-refractivity contribution is 7.14. The largest absolute Gasteiger partial charge is 0.462 e. The van der Waals surface area contributed by atoms with E-state index in [4.69, 9.17) is 10.5 Å². The van der Waals surface area contributed by atoms with Crippen molar-refractivity contribution in [3.8, 4) is 0 Å². The number of hydrogen-bond donors (Lipinski definition) is 2. The summed E-state index contributed by atoms with van der Waals surface area (Å²) in [7, 11) is 0. The first-order valence-corrected chi connectivity index (χ1v) is 6.81. The molecule has 0 unspecified atom stereocenters. The number of amides is 1. The number of nitrogens with two attached hydrogens (primary N) is 1. The van der Waals surface area contributed by atoms with Crippen molar-refractivity contribution in [3.05, 3.63) is 17.0 Å². The smallest absolute Gasteiger partial charge is 0.341 e. The van der Waals surface area contributed by atoms with E-state index in [0.717, 1.165) is 12.8 Å². The lowest BCUT2D eigenvalue weighted by Crippen LogP contribution is -2.14. The van der Waals surface area contributed by atoms with Gasteiger partial charge in [-0.3, -0.25) is 4.79 Å². The molecule has 100 valence electrons. The first kappa shape index (κ1) is 14.7. The first-order chi connectivity index (χ1) is 8.69. The number of rotatable bonds is 7. The lowest BCUT2D eigenvalue weighted by atomic mass is 10.2. The summed E-state index contributed by atoms with van der Waals surface area (Å²) in [5, 5.41) is 5.03. The van der Waals surface area contributed by atoms with Crippen LogP contribution >= 0.6 is 11.3 Å². The van der Waals surface area contributed by atoms with Crippen LogP contribution in [0, 0.1) is 0 Å². The van der Waals surface area contributed by atoms with Crippen molar-refractivity contribution in [1.82, 2.24) is 0 Å². The van der Waals surface area contributed by atoms with Gasteiger partial charge in [-0.05, 0) is 37.8 Å². The number of carbonyl (C=O) groups excluding carboxylic acids is 2. The summed E-state index contributed by atoms with van der Waals surface area (Å²) in [5.41, 5.74) is 5.77. The summed E-state index contributed by atoms with van der Waals surface area (Å²) in [4.78, 5) is 23.2.